The molecule has 1 aromatic heterocycles. The molecule has 0 bridgehead atoms. The largest absolute Gasteiger partial charge is 0.496 e. The fourth-order valence-corrected chi connectivity index (χ4v) is 2.51. The summed E-state index contributed by atoms with van der Waals surface area (Å²) in [7, 11) is 1.59. The second-order valence-electron chi connectivity index (χ2n) is 5.67. The van der Waals surface area contributed by atoms with Gasteiger partial charge in [-0.3, -0.25) is 4.79 Å². The maximum atomic E-state index is 12.4. The lowest BCUT2D eigenvalue weighted by Gasteiger charge is -2.11. The summed E-state index contributed by atoms with van der Waals surface area (Å²) >= 11 is 0. The van der Waals surface area contributed by atoms with Gasteiger partial charge < -0.3 is 14.6 Å². The van der Waals surface area contributed by atoms with Gasteiger partial charge in [-0.05, 0) is 37.6 Å². The van der Waals surface area contributed by atoms with Gasteiger partial charge in [-0.15, -0.1) is 0 Å². The van der Waals surface area contributed by atoms with E-state index < -0.39 is 6.04 Å². The van der Waals surface area contributed by atoms with Crippen molar-refractivity contribution in [2.75, 3.05) is 7.11 Å². The zero-order valence-electron chi connectivity index (χ0n) is 14.3. The Bertz CT molecular complexity index is 889. The van der Waals surface area contributed by atoms with Gasteiger partial charge in [-0.25, -0.2) is 0 Å². The Morgan fingerprint density at radius 3 is 2.64 bits per heavy atom. The molecule has 25 heavy (non-hydrogen) atoms. The summed E-state index contributed by atoms with van der Waals surface area (Å²) in [5.74, 6) is 1.24. The average Bonchev–Trinajstić information content (AvgIpc) is 3.12. The Morgan fingerprint density at radius 2 is 1.88 bits per heavy atom. The molecular weight excluding hydrogens is 318 g/mol. The van der Waals surface area contributed by atoms with E-state index in [1.807, 2.05) is 49.4 Å². The molecule has 1 amide bonds. The number of methoxy groups -OCH3 is 1. The van der Waals surface area contributed by atoms with Crippen molar-refractivity contribution in [2.45, 2.75) is 19.9 Å². The van der Waals surface area contributed by atoms with Gasteiger partial charge in [0.2, 0.25) is 11.7 Å². The van der Waals surface area contributed by atoms with E-state index >= 15 is 0 Å². The van der Waals surface area contributed by atoms with Crippen LogP contribution in [0.15, 0.2) is 53.1 Å². The van der Waals surface area contributed by atoms with Crippen LogP contribution in [0.3, 0.4) is 0 Å². The Morgan fingerprint density at radius 1 is 1.16 bits per heavy atom. The summed E-state index contributed by atoms with van der Waals surface area (Å²) < 4.78 is 10.6. The average molecular weight is 337 g/mol. The van der Waals surface area contributed by atoms with Crippen molar-refractivity contribution < 1.29 is 14.1 Å². The van der Waals surface area contributed by atoms with Crippen molar-refractivity contribution in [3.8, 4) is 17.1 Å². The van der Waals surface area contributed by atoms with Crippen molar-refractivity contribution in [3.63, 3.8) is 0 Å². The zero-order valence-corrected chi connectivity index (χ0v) is 14.3. The number of nitrogens with zero attached hydrogens (tertiary/aromatic N) is 2. The molecule has 3 rings (SSSR count). The van der Waals surface area contributed by atoms with Crippen molar-refractivity contribution in [3.05, 3.63) is 65.5 Å². The summed E-state index contributed by atoms with van der Waals surface area (Å²) in [5, 5.41) is 6.88. The summed E-state index contributed by atoms with van der Waals surface area (Å²) in [6, 6.07) is 14.4. The molecule has 0 fully saturated rings. The molecular formula is C19H19N3O3. The Balaban J connectivity index is 1.78. The maximum absolute atomic E-state index is 12.4. The maximum Gasteiger partial charge on any atom is 0.252 e. The van der Waals surface area contributed by atoms with Crippen LogP contribution in [0.1, 0.15) is 34.8 Å². The fourth-order valence-electron chi connectivity index (χ4n) is 2.51. The van der Waals surface area contributed by atoms with Crippen LogP contribution < -0.4 is 10.1 Å². The molecule has 0 saturated carbocycles. The highest BCUT2D eigenvalue weighted by Crippen LogP contribution is 2.28. The standard InChI is InChI=1S/C19H19N3O3/c1-12-8-4-5-9-14(12)18(23)20-13(2)19-21-17(22-25-19)15-10-6-7-11-16(15)24-3/h4-11,13H,1-3H3,(H,20,23)/t13-/m1/s1. The van der Waals surface area contributed by atoms with E-state index in [4.69, 9.17) is 9.26 Å². The number of aromatic nitrogens is 2. The molecule has 0 spiro atoms. The van der Waals surface area contributed by atoms with Gasteiger partial charge in [-0.2, -0.15) is 4.98 Å². The zero-order chi connectivity index (χ0) is 17.8. The SMILES string of the molecule is COc1ccccc1-c1noc([C@@H](C)NC(=O)c2ccccc2C)n1. The fraction of sp³-hybridized carbons (Fsp3) is 0.211. The number of hydrogen-bond acceptors (Lipinski definition) is 5. The minimum atomic E-state index is -0.414. The molecule has 6 nitrogen and oxygen atoms in total. The van der Waals surface area contributed by atoms with Gasteiger partial charge in [-0.1, -0.05) is 35.5 Å². The Labute approximate surface area is 145 Å². The van der Waals surface area contributed by atoms with Crippen LogP contribution in [0.2, 0.25) is 0 Å². The number of carbonyl (C=O) groups excluding carboxylic acids is 1. The highest BCUT2D eigenvalue weighted by Gasteiger charge is 2.20. The van der Waals surface area contributed by atoms with E-state index in [9.17, 15) is 4.79 Å². The highest BCUT2D eigenvalue weighted by atomic mass is 16.5. The summed E-state index contributed by atoms with van der Waals surface area (Å²) in [6.07, 6.45) is 0. The second kappa shape index (κ2) is 7.17. The molecule has 1 atom stereocenters. The molecule has 1 heterocycles. The van der Waals surface area contributed by atoms with Gasteiger partial charge in [0.05, 0.1) is 12.7 Å². The van der Waals surface area contributed by atoms with E-state index in [0.29, 0.717) is 23.0 Å². The van der Waals surface area contributed by atoms with Crippen LogP contribution in [0.25, 0.3) is 11.4 Å². The monoisotopic (exact) mass is 337 g/mol. The Hall–Kier alpha value is -3.15. The number of aryl methyl sites for hydroxylation is 1. The molecule has 3 aromatic rings. The van der Waals surface area contributed by atoms with Gasteiger partial charge in [0.1, 0.15) is 11.8 Å². The smallest absolute Gasteiger partial charge is 0.252 e. The van der Waals surface area contributed by atoms with E-state index in [1.54, 1.807) is 20.1 Å². The van der Waals surface area contributed by atoms with Crippen LogP contribution >= 0.6 is 0 Å². The van der Waals surface area contributed by atoms with Crippen LogP contribution in [-0.2, 0) is 0 Å². The molecule has 0 aliphatic heterocycles. The predicted octanol–water partition coefficient (Wildman–Crippen LogP) is 3.54. The lowest BCUT2D eigenvalue weighted by atomic mass is 10.1. The van der Waals surface area contributed by atoms with Crippen molar-refractivity contribution in [2.24, 2.45) is 0 Å². The van der Waals surface area contributed by atoms with E-state index in [-0.39, 0.29) is 5.91 Å². The summed E-state index contributed by atoms with van der Waals surface area (Å²) in [6.45, 7) is 3.70. The van der Waals surface area contributed by atoms with Gasteiger partial charge in [0, 0.05) is 5.56 Å². The minimum absolute atomic E-state index is 0.178. The molecule has 0 radical (unpaired) electrons. The summed E-state index contributed by atoms with van der Waals surface area (Å²) in [4.78, 5) is 16.8. The first-order valence-electron chi connectivity index (χ1n) is 7.93. The molecule has 0 aliphatic carbocycles. The van der Waals surface area contributed by atoms with Crippen LogP contribution in [0, 0.1) is 6.92 Å². The lowest BCUT2D eigenvalue weighted by Crippen LogP contribution is -2.27. The van der Waals surface area contributed by atoms with Gasteiger partial charge in [0.25, 0.3) is 5.91 Å². The number of carbonyl (C=O) groups is 1. The topological polar surface area (TPSA) is 77.3 Å². The molecule has 1 N–H and O–H groups in total. The first-order valence-corrected chi connectivity index (χ1v) is 7.93. The lowest BCUT2D eigenvalue weighted by molar-refractivity contribution is 0.0932. The van der Waals surface area contributed by atoms with E-state index in [2.05, 4.69) is 15.5 Å². The third-order valence-corrected chi connectivity index (χ3v) is 3.90. The summed E-state index contributed by atoms with van der Waals surface area (Å²) in [5.41, 5.74) is 2.27. The van der Waals surface area contributed by atoms with Crippen molar-refractivity contribution in [1.29, 1.82) is 0 Å². The Kier molecular flexibility index (Phi) is 4.79. The van der Waals surface area contributed by atoms with E-state index in [0.717, 1.165) is 11.1 Å². The van der Waals surface area contributed by atoms with Gasteiger partial charge >= 0.3 is 0 Å². The highest BCUT2D eigenvalue weighted by molar-refractivity contribution is 5.95. The quantitative estimate of drug-likeness (QED) is 0.770. The molecule has 0 aliphatic rings. The number of ether oxygens (including phenoxy) is 1. The molecule has 6 heteroatoms. The van der Waals surface area contributed by atoms with E-state index in [1.165, 1.54) is 0 Å². The first kappa shape index (κ1) is 16.7. The van der Waals surface area contributed by atoms with Crippen LogP contribution in [-0.4, -0.2) is 23.2 Å². The minimum Gasteiger partial charge on any atom is -0.496 e. The van der Waals surface area contributed by atoms with Crippen LogP contribution in [0.5, 0.6) is 5.75 Å². The molecule has 128 valence electrons. The molecule has 0 unspecified atom stereocenters. The normalized spacial score (nSPS) is 11.8. The van der Waals surface area contributed by atoms with Crippen molar-refractivity contribution in [1.82, 2.24) is 15.5 Å². The third kappa shape index (κ3) is 3.52. The third-order valence-electron chi connectivity index (χ3n) is 3.90. The predicted molar refractivity (Wildman–Crippen MR) is 93.3 cm³/mol. The number of para-hydroxylation sites is 1. The number of hydrogen-bond donors (Lipinski definition) is 1. The first-order chi connectivity index (χ1) is 12.1. The number of nitrogens with one attached hydrogen (secondary N) is 1. The van der Waals surface area contributed by atoms with Crippen molar-refractivity contribution >= 4 is 5.91 Å². The number of amides is 1. The molecule has 2 aromatic carbocycles. The number of rotatable bonds is 5. The number of benzene rings is 2. The molecule has 0 saturated heterocycles. The van der Waals surface area contributed by atoms with Gasteiger partial charge in [0.15, 0.2) is 0 Å². The second-order valence-corrected chi connectivity index (χ2v) is 5.67. The van der Waals surface area contributed by atoms with Crippen LogP contribution in [0.4, 0.5) is 0 Å².